The van der Waals surface area contributed by atoms with E-state index in [9.17, 15) is 9.90 Å². The van der Waals surface area contributed by atoms with Gasteiger partial charge in [0.15, 0.2) is 0 Å². The Balaban J connectivity index is 1.79. The minimum Gasteiger partial charge on any atom is -0.488 e. The molecule has 0 aliphatic carbocycles. The normalized spacial score (nSPS) is 28.7. The molecule has 2 atom stereocenters. The summed E-state index contributed by atoms with van der Waals surface area (Å²) in [6.45, 7) is 1.91. The first-order valence-electron chi connectivity index (χ1n) is 7.00. The zero-order chi connectivity index (χ0) is 14.9. The highest BCUT2D eigenvalue weighted by Crippen LogP contribution is 2.37. The fraction of sp³-hybridized carbons (Fsp3) is 0.533. The van der Waals surface area contributed by atoms with Crippen LogP contribution in [0.3, 0.4) is 0 Å². The van der Waals surface area contributed by atoms with E-state index in [1.165, 1.54) is 0 Å². The van der Waals surface area contributed by atoms with Crippen LogP contribution in [0.5, 0.6) is 5.75 Å². The van der Waals surface area contributed by atoms with E-state index in [1.54, 1.807) is 18.2 Å². The molecule has 21 heavy (non-hydrogen) atoms. The molecule has 2 aliphatic rings. The first-order chi connectivity index (χ1) is 10.1. The van der Waals surface area contributed by atoms with E-state index in [1.807, 2.05) is 0 Å². The standard InChI is InChI=1S/C15H17BrO5/c16-12-3-1-2-11(14(17)18)13(12)21-10-4-6-20-15(8-10)5-7-19-9-15/h1-3,10H,4-9H2,(H,17,18). The minimum absolute atomic E-state index is 0.0581. The van der Waals surface area contributed by atoms with Crippen molar-refractivity contribution >= 4 is 21.9 Å². The van der Waals surface area contributed by atoms with Crippen molar-refractivity contribution in [3.63, 3.8) is 0 Å². The lowest BCUT2D eigenvalue weighted by Gasteiger charge is -2.37. The van der Waals surface area contributed by atoms with Crippen LogP contribution in [0.4, 0.5) is 0 Å². The smallest absolute Gasteiger partial charge is 0.339 e. The van der Waals surface area contributed by atoms with Gasteiger partial charge in [-0.05, 0) is 28.1 Å². The molecule has 2 aliphatic heterocycles. The van der Waals surface area contributed by atoms with E-state index in [0.29, 0.717) is 30.0 Å². The number of carboxylic acids is 1. The predicted octanol–water partition coefficient (Wildman–Crippen LogP) is 2.86. The number of carboxylic acid groups (broad SMARTS) is 1. The Kier molecular flexibility index (Phi) is 4.19. The molecule has 1 aromatic carbocycles. The fourth-order valence-corrected chi connectivity index (χ4v) is 3.37. The van der Waals surface area contributed by atoms with Crippen LogP contribution in [-0.2, 0) is 9.47 Å². The second-order valence-corrected chi connectivity index (χ2v) is 6.34. The maximum Gasteiger partial charge on any atom is 0.339 e. The average Bonchev–Trinajstić information content (AvgIpc) is 2.89. The van der Waals surface area contributed by atoms with Crippen molar-refractivity contribution in [2.75, 3.05) is 19.8 Å². The Bertz CT molecular complexity index is 539. The maximum absolute atomic E-state index is 11.3. The lowest BCUT2D eigenvalue weighted by molar-refractivity contribution is -0.112. The number of para-hydroxylation sites is 1. The van der Waals surface area contributed by atoms with Gasteiger partial charge in [0.1, 0.15) is 17.4 Å². The molecule has 5 nitrogen and oxygen atoms in total. The van der Waals surface area contributed by atoms with Crippen molar-refractivity contribution in [2.45, 2.75) is 31.0 Å². The van der Waals surface area contributed by atoms with Gasteiger partial charge in [-0.2, -0.15) is 0 Å². The Morgan fingerprint density at radius 1 is 1.43 bits per heavy atom. The second-order valence-electron chi connectivity index (χ2n) is 5.49. The van der Waals surface area contributed by atoms with Crippen LogP contribution in [0.1, 0.15) is 29.6 Å². The van der Waals surface area contributed by atoms with Crippen LogP contribution in [0.2, 0.25) is 0 Å². The summed E-state index contributed by atoms with van der Waals surface area (Å²) in [7, 11) is 0. The summed E-state index contributed by atoms with van der Waals surface area (Å²) in [6.07, 6.45) is 2.29. The summed E-state index contributed by atoms with van der Waals surface area (Å²) in [6, 6.07) is 5.03. The largest absolute Gasteiger partial charge is 0.488 e. The Hall–Kier alpha value is -1.11. The minimum atomic E-state index is -0.989. The molecule has 0 radical (unpaired) electrons. The van der Waals surface area contributed by atoms with Crippen molar-refractivity contribution in [3.8, 4) is 5.75 Å². The first-order valence-corrected chi connectivity index (χ1v) is 7.79. The summed E-state index contributed by atoms with van der Waals surface area (Å²) < 4.78 is 18.0. The zero-order valence-electron chi connectivity index (χ0n) is 11.5. The fourth-order valence-electron chi connectivity index (χ4n) is 2.91. The first kappa shape index (κ1) is 14.8. The van der Waals surface area contributed by atoms with Crippen LogP contribution in [0.25, 0.3) is 0 Å². The molecule has 0 saturated carbocycles. The number of ether oxygens (including phenoxy) is 3. The van der Waals surface area contributed by atoms with Crippen LogP contribution >= 0.6 is 15.9 Å². The van der Waals surface area contributed by atoms with Crippen molar-refractivity contribution in [3.05, 3.63) is 28.2 Å². The Morgan fingerprint density at radius 3 is 3.00 bits per heavy atom. The number of aromatic carboxylic acids is 1. The molecular formula is C15H17BrO5. The molecule has 2 unspecified atom stereocenters. The van der Waals surface area contributed by atoms with E-state index in [2.05, 4.69) is 15.9 Å². The maximum atomic E-state index is 11.3. The number of hydrogen-bond donors (Lipinski definition) is 1. The summed E-state index contributed by atoms with van der Waals surface area (Å²) in [5.41, 5.74) is -0.0827. The summed E-state index contributed by atoms with van der Waals surface area (Å²) in [5, 5.41) is 9.28. The number of halogens is 1. The van der Waals surface area contributed by atoms with Gasteiger partial charge in [-0.3, -0.25) is 0 Å². The van der Waals surface area contributed by atoms with Gasteiger partial charge in [0.2, 0.25) is 0 Å². The third kappa shape index (κ3) is 3.07. The molecule has 114 valence electrons. The molecule has 1 spiro atoms. The van der Waals surface area contributed by atoms with E-state index < -0.39 is 5.97 Å². The highest BCUT2D eigenvalue weighted by molar-refractivity contribution is 9.10. The third-order valence-corrected chi connectivity index (χ3v) is 4.62. The summed E-state index contributed by atoms with van der Waals surface area (Å²) in [5.74, 6) is -0.594. The van der Waals surface area contributed by atoms with Gasteiger partial charge in [0.05, 0.1) is 23.3 Å². The van der Waals surface area contributed by atoms with Crippen LogP contribution in [-0.4, -0.2) is 42.6 Å². The van der Waals surface area contributed by atoms with Gasteiger partial charge in [0, 0.05) is 25.9 Å². The lowest BCUT2D eigenvalue weighted by atomic mass is 9.91. The van der Waals surface area contributed by atoms with E-state index >= 15 is 0 Å². The topological polar surface area (TPSA) is 65.0 Å². The predicted molar refractivity (Wildman–Crippen MR) is 78.9 cm³/mol. The van der Waals surface area contributed by atoms with E-state index in [0.717, 1.165) is 19.3 Å². The average molecular weight is 357 g/mol. The summed E-state index contributed by atoms with van der Waals surface area (Å²) in [4.78, 5) is 11.3. The number of hydrogen-bond acceptors (Lipinski definition) is 4. The van der Waals surface area contributed by atoms with Gasteiger partial charge in [-0.15, -0.1) is 0 Å². The van der Waals surface area contributed by atoms with Crippen LogP contribution in [0, 0.1) is 0 Å². The monoisotopic (exact) mass is 356 g/mol. The van der Waals surface area contributed by atoms with Crippen molar-refractivity contribution in [1.29, 1.82) is 0 Å². The molecule has 0 bridgehead atoms. The molecular weight excluding hydrogens is 340 g/mol. The van der Waals surface area contributed by atoms with E-state index in [-0.39, 0.29) is 17.3 Å². The highest BCUT2D eigenvalue weighted by Gasteiger charge is 2.42. The molecule has 2 heterocycles. The van der Waals surface area contributed by atoms with Gasteiger partial charge >= 0.3 is 5.97 Å². The molecule has 1 N–H and O–H groups in total. The third-order valence-electron chi connectivity index (χ3n) is 4.00. The van der Waals surface area contributed by atoms with E-state index in [4.69, 9.17) is 14.2 Å². The molecule has 0 amide bonds. The zero-order valence-corrected chi connectivity index (χ0v) is 13.1. The molecule has 2 fully saturated rings. The van der Waals surface area contributed by atoms with Crippen molar-refractivity contribution in [1.82, 2.24) is 0 Å². The number of rotatable bonds is 3. The molecule has 2 saturated heterocycles. The molecule has 1 aromatic rings. The lowest BCUT2D eigenvalue weighted by Crippen LogP contribution is -2.44. The summed E-state index contributed by atoms with van der Waals surface area (Å²) >= 11 is 3.37. The van der Waals surface area contributed by atoms with Gasteiger partial charge in [-0.25, -0.2) is 4.79 Å². The van der Waals surface area contributed by atoms with Crippen molar-refractivity contribution in [2.24, 2.45) is 0 Å². The Labute approximate surface area is 131 Å². The number of carbonyl (C=O) groups is 1. The molecule has 3 rings (SSSR count). The van der Waals surface area contributed by atoms with Gasteiger partial charge < -0.3 is 19.3 Å². The van der Waals surface area contributed by atoms with Crippen molar-refractivity contribution < 1.29 is 24.1 Å². The van der Waals surface area contributed by atoms with Gasteiger partial charge in [-0.1, -0.05) is 6.07 Å². The second kappa shape index (κ2) is 5.94. The number of benzene rings is 1. The van der Waals surface area contributed by atoms with Gasteiger partial charge in [0.25, 0.3) is 0 Å². The molecule has 0 aromatic heterocycles. The highest BCUT2D eigenvalue weighted by atomic mass is 79.9. The quantitative estimate of drug-likeness (QED) is 0.901. The Morgan fingerprint density at radius 2 is 2.29 bits per heavy atom. The van der Waals surface area contributed by atoms with Crippen LogP contribution < -0.4 is 4.74 Å². The van der Waals surface area contributed by atoms with Crippen LogP contribution in [0.15, 0.2) is 22.7 Å². The SMILES string of the molecule is O=C(O)c1cccc(Br)c1OC1CCOC2(CCOC2)C1. The molecule has 6 heteroatoms.